The maximum Gasteiger partial charge on any atom is 0.107 e. The quantitative estimate of drug-likeness (QED) is 0.829. The number of aliphatic imine (C=N–C) groups is 2. The van der Waals surface area contributed by atoms with Crippen LogP contribution in [-0.2, 0) is 19.3 Å². The molecule has 0 unspecified atom stereocenters. The fraction of sp³-hybridized carbons (Fsp3) is 0.273. The molecule has 0 saturated heterocycles. The van der Waals surface area contributed by atoms with Crippen molar-refractivity contribution in [2.75, 3.05) is 0 Å². The number of fused-ring (bicyclic) bond motifs is 2. The minimum Gasteiger partial charge on any atom is -0.344 e. The van der Waals surface area contributed by atoms with Gasteiger partial charge in [0.2, 0.25) is 0 Å². The highest BCUT2D eigenvalue weighted by molar-refractivity contribution is 5.98. The van der Waals surface area contributed by atoms with Gasteiger partial charge in [0.25, 0.3) is 0 Å². The lowest BCUT2D eigenvalue weighted by Crippen LogP contribution is -2.25. The summed E-state index contributed by atoms with van der Waals surface area (Å²) >= 11 is 0. The molecule has 0 amide bonds. The van der Waals surface area contributed by atoms with E-state index in [1.165, 1.54) is 28.1 Å². The molecule has 2 aliphatic heterocycles. The Balaban J connectivity index is 1.56. The molecule has 0 aliphatic carbocycles. The lowest BCUT2D eigenvalue weighted by atomic mass is 10.0. The number of nitrogens with one attached hydrogen (secondary N) is 1. The van der Waals surface area contributed by atoms with Crippen molar-refractivity contribution in [1.29, 1.82) is 0 Å². The molecule has 2 aromatic rings. The van der Waals surface area contributed by atoms with E-state index in [1.54, 1.807) is 0 Å². The van der Waals surface area contributed by atoms with Crippen LogP contribution < -0.4 is 5.32 Å². The van der Waals surface area contributed by atoms with Gasteiger partial charge in [-0.3, -0.25) is 4.99 Å². The van der Waals surface area contributed by atoms with Crippen molar-refractivity contribution in [3.63, 3.8) is 0 Å². The highest BCUT2D eigenvalue weighted by atomic mass is 15.0. The third kappa shape index (κ3) is 3.02. The molecule has 3 nitrogen and oxygen atoms in total. The Morgan fingerprint density at radius 3 is 2.84 bits per heavy atom. The van der Waals surface area contributed by atoms with Crippen LogP contribution in [0.5, 0.6) is 0 Å². The molecule has 0 spiro atoms. The summed E-state index contributed by atoms with van der Waals surface area (Å²) in [5.74, 6) is 0.984. The molecule has 4 rings (SSSR count). The Hall–Kier alpha value is -2.68. The van der Waals surface area contributed by atoms with Crippen molar-refractivity contribution in [3.05, 3.63) is 65.2 Å². The number of nitrogens with zero attached hydrogens (tertiary/aromatic N) is 2. The van der Waals surface area contributed by atoms with Gasteiger partial charge in [-0.2, -0.15) is 0 Å². The average Bonchev–Trinajstić information content (AvgIpc) is 3.00. The van der Waals surface area contributed by atoms with Crippen molar-refractivity contribution in [1.82, 2.24) is 5.32 Å². The van der Waals surface area contributed by atoms with Gasteiger partial charge in [0.05, 0.1) is 11.4 Å². The predicted octanol–water partition coefficient (Wildman–Crippen LogP) is 5.13. The molecule has 0 aromatic heterocycles. The summed E-state index contributed by atoms with van der Waals surface area (Å²) in [6.07, 6.45) is 3.79. The van der Waals surface area contributed by atoms with E-state index < -0.39 is 0 Å². The lowest BCUT2D eigenvalue weighted by molar-refractivity contribution is 0.989. The molecule has 126 valence electrons. The van der Waals surface area contributed by atoms with Crippen molar-refractivity contribution < 1.29 is 0 Å². The Kier molecular flexibility index (Phi) is 4.00. The summed E-state index contributed by atoms with van der Waals surface area (Å²) in [6.45, 7) is 8.45. The van der Waals surface area contributed by atoms with E-state index in [9.17, 15) is 0 Å². The Bertz CT molecular complexity index is 919. The first-order valence-corrected chi connectivity index (χ1v) is 8.95. The molecule has 0 bridgehead atoms. The first-order valence-electron chi connectivity index (χ1n) is 8.95. The zero-order chi connectivity index (χ0) is 17.4. The summed E-state index contributed by atoms with van der Waals surface area (Å²) in [5.41, 5.74) is 9.41. The van der Waals surface area contributed by atoms with Gasteiger partial charge in [0, 0.05) is 29.8 Å². The largest absolute Gasteiger partial charge is 0.344 e. The van der Waals surface area contributed by atoms with Gasteiger partial charge >= 0.3 is 0 Å². The number of benzene rings is 2. The number of hydrogen-bond acceptors (Lipinski definition) is 3. The van der Waals surface area contributed by atoms with Crippen LogP contribution in [0.1, 0.15) is 42.5 Å². The number of aryl methyl sites for hydroxylation is 2. The van der Waals surface area contributed by atoms with Crippen LogP contribution in [0.4, 0.5) is 11.4 Å². The Morgan fingerprint density at radius 1 is 1.12 bits per heavy atom. The van der Waals surface area contributed by atoms with E-state index in [0.717, 1.165) is 48.5 Å². The molecule has 25 heavy (non-hydrogen) atoms. The van der Waals surface area contributed by atoms with E-state index in [1.807, 2.05) is 0 Å². The van der Waals surface area contributed by atoms with Crippen LogP contribution in [0.2, 0.25) is 0 Å². The smallest absolute Gasteiger partial charge is 0.107 e. The average molecular weight is 329 g/mol. The molecule has 0 radical (unpaired) electrons. The first-order chi connectivity index (χ1) is 12.1. The highest BCUT2D eigenvalue weighted by Crippen LogP contribution is 2.33. The maximum absolute atomic E-state index is 4.80. The number of hydrogen-bond donors (Lipinski definition) is 1. The minimum absolute atomic E-state index is 0.860. The SMILES string of the molecule is C=C1NC(CCc2cccc3c2N=C(C)C3)=Nc2ccc(CC)cc21. The molecule has 0 fully saturated rings. The third-order valence-corrected chi connectivity index (χ3v) is 4.93. The second kappa shape index (κ2) is 6.32. The third-order valence-electron chi connectivity index (χ3n) is 4.93. The van der Waals surface area contributed by atoms with Crippen molar-refractivity contribution in [2.45, 2.75) is 39.5 Å². The molecular weight excluding hydrogens is 306 g/mol. The standard InChI is InChI=1S/C22H23N3/c1-4-16-8-10-20-19(13-16)15(3)24-21(25-20)11-9-17-6-5-7-18-12-14(2)23-22(17)18/h5-8,10,13H,3-4,9,11-12H2,1-2H3,(H,24,25). The van der Waals surface area contributed by atoms with E-state index in [0.29, 0.717) is 0 Å². The van der Waals surface area contributed by atoms with E-state index in [4.69, 9.17) is 9.98 Å². The molecule has 3 heteroatoms. The number of para-hydroxylation sites is 1. The van der Waals surface area contributed by atoms with Crippen LogP contribution in [-0.4, -0.2) is 11.5 Å². The summed E-state index contributed by atoms with van der Waals surface area (Å²) < 4.78 is 0. The zero-order valence-electron chi connectivity index (χ0n) is 14.9. The van der Waals surface area contributed by atoms with E-state index >= 15 is 0 Å². The van der Waals surface area contributed by atoms with Crippen LogP contribution in [0, 0.1) is 0 Å². The maximum atomic E-state index is 4.80. The van der Waals surface area contributed by atoms with Gasteiger partial charge < -0.3 is 5.32 Å². The molecule has 2 heterocycles. The summed E-state index contributed by atoms with van der Waals surface area (Å²) in [7, 11) is 0. The molecule has 0 atom stereocenters. The van der Waals surface area contributed by atoms with Crippen molar-refractivity contribution in [2.24, 2.45) is 9.98 Å². The van der Waals surface area contributed by atoms with Gasteiger partial charge in [-0.15, -0.1) is 0 Å². The second-order valence-electron chi connectivity index (χ2n) is 6.82. The topological polar surface area (TPSA) is 36.8 Å². The summed E-state index contributed by atoms with van der Waals surface area (Å²) in [5, 5.41) is 3.39. The minimum atomic E-state index is 0.860. The zero-order valence-corrected chi connectivity index (χ0v) is 14.9. The van der Waals surface area contributed by atoms with Crippen LogP contribution in [0.3, 0.4) is 0 Å². The first kappa shape index (κ1) is 15.8. The van der Waals surface area contributed by atoms with Crippen molar-refractivity contribution >= 4 is 28.6 Å². The second-order valence-corrected chi connectivity index (χ2v) is 6.82. The Labute approximate surface area is 149 Å². The van der Waals surface area contributed by atoms with Crippen molar-refractivity contribution in [3.8, 4) is 0 Å². The molecule has 0 saturated carbocycles. The van der Waals surface area contributed by atoms with Gasteiger partial charge in [-0.25, -0.2) is 4.99 Å². The normalized spacial score (nSPS) is 15.2. The van der Waals surface area contributed by atoms with Gasteiger partial charge in [-0.05, 0) is 48.6 Å². The van der Waals surface area contributed by atoms with Gasteiger partial charge in [0.15, 0.2) is 0 Å². The molecule has 2 aromatic carbocycles. The highest BCUT2D eigenvalue weighted by Gasteiger charge is 2.18. The number of rotatable bonds is 4. The lowest BCUT2D eigenvalue weighted by Gasteiger charge is -2.21. The van der Waals surface area contributed by atoms with Crippen LogP contribution >= 0.6 is 0 Å². The number of amidine groups is 1. The monoisotopic (exact) mass is 329 g/mol. The Morgan fingerprint density at radius 2 is 2.00 bits per heavy atom. The fourth-order valence-electron chi connectivity index (χ4n) is 3.57. The van der Waals surface area contributed by atoms with E-state index in [2.05, 4.69) is 62.1 Å². The van der Waals surface area contributed by atoms with Crippen LogP contribution in [0.15, 0.2) is 53.0 Å². The molecule has 2 aliphatic rings. The van der Waals surface area contributed by atoms with E-state index in [-0.39, 0.29) is 0 Å². The summed E-state index contributed by atoms with van der Waals surface area (Å²) in [4.78, 5) is 9.53. The van der Waals surface area contributed by atoms with Gasteiger partial charge in [0.1, 0.15) is 5.84 Å². The molecule has 1 N–H and O–H groups in total. The summed E-state index contributed by atoms with van der Waals surface area (Å²) in [6, 6.07) is 12.9. The molecular formula is C22H23N3. The predicted molar refractivity (Wildman–Crippen MR) is 106 cm³/mol. The van der Waals surface area contributed by atoms with Gasteiger partial charge in [-0.1, -0.05) is 37.8 Å². The fourth-order valence-corrected chi connectivity index (χ4v) is 3.57. The van der Waals surface area contributed by atoms with Crippen LogP contribution in [0.25, 0.3) is 5.70 Å².